The second kappa shape index (κ2) is 5.69. The molecule has 61 valence electrons. The van der Waals surface area contributed by atoms with Crippen molar-refractivity contribution in [3.63, 3.8) is 0 Å². The molecule has 0 spiro atoms. The second-order valence-corrected chi connectivity index (χ2v) is 2.73. The van der Waals surface area contributed by atoms with Crippen LogP contribution in [0.5, 0.6) is 0 Å². The van der Waals surface area contributed by atoms with Crippen LogP contribution in [-0.2, 0) is 9.47 Å². The topological polar surface area (TPSA) is 18.5 Å². The van der Waals surface area contributed by atoms with Crippen molar-refractivity contribution in [3.05, 3.63) is 6.61 Å². The molecule has 2 nitrogen and oxygen atoms in total. The molecule has 0 aliphatic carbocycles. The molecule has 0 atom stereocenters. The minimum absolute atomic E-state index is 0.260. The molecule has 10 heavy (non-hydrogen) atoms. The van der Waals surface area contributed by atoms with E-state index in [1.54, 1.807) is 6.61 Å². The summed E-state index contributed by atoms with van der Waals surface area (Å²) in [4.78, 5) is 0. The van der Waals surface area contributed by atoms with Crippen LogP contribution in [0.3, 0.4) is 0 Å². The van der Waals surface area contributed by atoms with E-state index in [2.05, 4.69) is 0 Å². The maximum atomic E-state index is 5.21. The average molecular weight is 145 g/mol. The SMILES string of the molecule is CC(C)O[CH]COC(C)C. The predicted octanol–water partition coefficient (Wildman–Crippen LogP) is 2.00. The van der Waals surface area contributed by atoms with Crippen LogP contribution in [0.4, 0.5) is 0 Å². The fraction of sp³-hybridized carbons (Fsp3) is 0.875. The van der Waals surface area contributed by atoms with Gasteiger partial charge in [-0.1, -0.05) is 0 Å². The smallest absolute Gasteiger partial charge is 0.110 e. The summed E-state index contributed by atoms with van der Waals surface area (Å²) in [6, 6.07) is 0. The van der Waals surface area contributed by atoms with Crippen LogP contribution < -0.4 is 0 Å². The number of hydrogen-bond acceptors (Lipinski definition) is 2. The summed E-state index contributed by atoms with van der Waals surface area (Å²) < 4.78 is 10.4. The molecule has 2 heteroatoms. The van der Waals surface area contributed by atoms with Gasteiger partial charge in [0, 0.05) is 0 Å². The van der Waals surface area contributed by atoms with Crippen molar-refractivity contribution >= 4 is 0 Å². The fourth-order valence-electron chi connectivity index (χ4n) is 0.463. The van der Waals surface area contributed by atoms with E-state index in [4.69, 9.17) is 9.47 Å². The highest BCUT2D eigenvalue weighted by Crippen LogP contribution is 1.94. The summed E-state index contributed by atoms with van der Waals surface area (Å²) >= 11 is 0. The van der Waals surface area contributed by atoms with Crippen LogP contribution in [-0.4, -0.2) is 18.8 Å². The number of ether oxygens (including phenoxy) is 2. The Balaban J connectivity index is 2.91. The molecular formula is C8H17O2. The van der Waals surface area contributed by atoms with E-state index in [1.165, 1.54) is 0 Å². The van der Waals surface area contributed by atoms with Gasteiger partial charge in [0.1, 0.15) is 6.61 Å². The van der Waals surface area contributed by atoms with Gasteiger partial charge in [0.2, 0.25) is 0 Å². The van der Waals surface area contributed by atoms with Gasteiger partial charge in [0.15, 0.2) is 0 Å². The van der Waals surface area contributed by atoms with E-state index in [1.807, 2.05) is 27.7 Å². The summed E-state index contributed by atoms with van der Waals surface area (Å²) in [6.07, 6.45) is 0.544. The molecule has 0 amide bonds. The van der Waals surface area contributed by atoms with E-state index < -0.39 is 0 Å². The zero-order valence-electron chi connectivity index (χ0n) is 7.26. The highest BCUT2D eigenvalue weighted by atomic mass is 16.5. The molecule has 0 bridgehead atoms. The van der Waals surface area contributed by atoms with Crippen LogP contribution in [0.2, 0.25) is 0 Å². The first kappa shape index (κ1) is 9.92. The largest absolute Gasteiger partial charge is 0.376 e. The van der Waals surface area contributed by atoms with Crippen molar-refractivity contribution in [1.29, 1.82) is 0 Å². The van der Waals surface area contributed by atoms with Gasteiger partial charge in [-0.05, 0) is 27.7 Å². The van der Waals surface area contributed by atoms with E-state index in [0.717, 1.165) is 0 Å². The molecule has 0 heterocycles. The lowest BCUT2D eigenvalue weighted by molar-refractivity contribution is 0.0372. The Bertz CT molecular complexity index is 59.7. The molecule has 0 aromatic heterocycles. The lowest BCUT2D eigenvalue weighted by Crippen LogP contribution is -2.08. The summed E-state index contributed by atoms with van der Waals surface area (Å²) in [5.41, 5.74) is 0. The summed E-state index contributed by atoms with van der Waals surface area (Å²) in [7, 11) is 0. The molecule has 0 aromatic rings. The molecule has 0 aliphatic rings. The van der Waals surface area contributed by atoms with Crippen molar-refractivity contribution in [2.75, 3.05) is 6.61 Å². The van der Waals surface area contributed by atoms with Gasteiger partial charge < -0.3 is 9.47 Å². The third-order valence-corrected chi connectivity index (χ3v) is 0.866. The third kappa shape index (κ3) is 7.92. The molecule has 1 radical (unpaired) electrons. The Labute approximate surface area is 63.5 Å². The minimum atomic E-state index is 0.260. The zero-order valence-corrected chi connectivity index (χ0v) is 7.26. The Morgan fingerprint density at radius 1 is 1.10 bits per heavy atom. The quantitative estimate of drug-likeness (QED) is 0.551. The standard InChI is InChI=1S/C8H17O2/c1-7(2)9-5-6-10-8(3)4/h5,7-8H,6H2,1-4H3. The van der Waals surface area contributed by atoms with E-state index >= 15 is 0 Å². The van der Waals surface area contributed by atoms with Gasteiger partial charge >= 0.3 is 0 Å². The molecule has 0 saturated carbocycles. The third-order valence-electron chi connectivity index (χ3n) is 0.866. The molecule has 0 unspecified atom stereocenters. The minimum Gasteiger partial charge on any atom is -0.376 e. The Morgan fingerprint density at radius 2 is 1.70 bits per heavy atom. The van der Waals surface area contributed by atoms with Gasteiger partial charge in [0.25, 0.3) is 0 Å². The monoisotopic (exact) mass is 145 g/mol. The maximum absolute atomic E-state index is 5.21. The van der Waals surface area contributed by atoms with E-state index in [9.17, 15) is 0 Å². The predicted molar refractivity (Wildman–Crippen MR) is 41.6 cm³/mol. The van der Waals surface area contributed by atoms with Gasteiger partial charge in [-0.15, -0.1) is 0 Å². The van der Waals surface area contributed by atoms with Crippen LogP contribution in [0.15, 0.2) is 0 Å². The Kier molecular flexibility index (Phi) is 5.64. The molecule has 0 rings (SSSR count). The zero-order chi connectivity index (χ0) is 7.98. The maximum Gasteiger partial charge on any atom is 0.110 e. The first-order valence-corrected chi connectivity index (χ1v) is 3.71. The van der Waals surface area contributed by atoms with Crippen molar-refractivity contribution < 1.29 is 9.47 Å². The molecule has 0 aliphatic heterocycles. The van der Waals surface area contributed by atoms with E-state index in [-0.39, 0.29) is 12.2 Å². The Morgan fingerprint density at radius 3 is 2.10 bits per heavy atom. The van der Waals surface area contributed by atoms with E-state index in [0.29, 0.717) is 6.61 Å². The van der Waals surface area contributed by atoms with Crippen molar-refractivity contribution in [3.8, 4) is 0 Å². The molecule has 0 N–H and O–H groups in total. The summed E-state index contributed by atoms with van der Waals surface area (Å²) in [5, 5.41) is 0. The van der Waals surface area contributed by atoms with Crippen LogP contribution in [0.1, 0.15) is 27.7 Å². The van der Waals surface area contributed by atoms with Crippen molar-refractivity contribution in [1.82, 2.24) is 0 Å². The van der Waals surface area contributed by atoms with Gasteiger partial charge in [-0.3, -0.25) is 0 Å². The van der Waals surface area contributed by atoms with Crippen LogP contribution in [0, 0.1) is 6.61 Å². The summed E-state index contributed by atoms with van der Waals surface area (Å²) in [6.45, 7) is 10.3. The molecular weight excluding hydrogens is 128 g/mol. The van der Waals surface area contributed by atoms with Gasteiger partial charge in [-0.2, -0.15) is 0 Å². The summed E-state index contributed by atoms with van der Waals surface area (Å²) in [5.74, 6) is 0. The lowest BCUT2D eigenvalue weighted by Gasteiger charge is -2.08. The lowest BCUT2D eigenvalue weighted by atomic mass is 10.5. The highest BCUT2D eigenvalue weighted by molar-refractivity contribution is 4.51. The molecule has 0 saturated heterocycles. The highest BCUT2D eigenvalue weighted by Gasteiger charge is 1.95. The van der Waals surface area contributed by atoms with Gasteiger partial charge in [-0.25, -0.2) is 0 Å². The van der Waals surface area contributed by atoms with Crippen LogP contribution in [0.25, 0.3) is 0 Å². The fourth-order valence-corrected chi connectivity index (χ4v) is 0.463. The Hall–Kier alpha value is -0.0800. The average Bonchev–Trinajstić information content (AvgIpc) is 1.79. The van der Waals surface area contributed by atoms with Crippen molar-refractivity contribution in [2.45, 2.75) is 39.9 Å². The van der Waals surface area contributed by atoms with Gasteiger partial charge in [0.05, 0.1) is 18.8 Å². The first-order chi connectivity index (χ1) is 4.63. The normalized spacial score (nSPS) is 11.4. The number of rotatable bonds is 5. The molecule has 0 aromatic carbocycles. The number of hydrogen-bond donors (Lipinski definition) is 0. The van der Waals surface area contributed by atoms with Crippen molar-refractivity contribution in [2.24, 2.45) is 0 Å². The van der Waals surface area contributed by atoms with Crippen LogP contribution >= 0.6 is 0 Å². The first-order valence-electron chi connectivity index (χ1n) is 3.71. The molecule has 0 fully saturated rings. The second-order valence-electron chi connectivity index (χ2n) is 2.73.